The van der Waals surface area contributed by atoms with Crippen molar-refractivity contribution >= 4 is 21.2 Å². The van der Waals surface area contributed by atoms with Gasteiger partial charge in [-0.15, -0.1) is 0 Å². The fraction of sp³-hybridized carbons (Fsp3) is 0.300. The van der Waals surface area contributed by atoms with Crippen LogP contribution in [0.15, 0.2) is 29.4 Å². The molecule has 1 atom stereocenters. The summed E-state index contributed by atoms with van der Waals surface area (Å²) in [4.78, 5) is 0. The molecule has 0 heterocycles. The highest BCUT2D eigenvalue weighted by Crippen LogP contribution is 2.13. The number of nitrogens with two attached hydrogens (primary N) is 1. The van der Waals surface area contributed by atoms with Gasteiger partial charge in [0.15, 0.2) is 9.84 Å². The molecule has 88 valence electrons. The summed E-state index contributed by atoms with van der Waals surface area (Å²) < 4.78 is 22.7. The van der Waals surface area contributed by atoms with E-state index in [1.54, 1.807) is 24.3 Å². The SMILES string of the molecule is CC(/C(=N/O)c1cccc(N)c1)S(C)(=O)=O. The van der Waals surface area contributed by atoms with Crippen LogP contribution >= 0.6 is 0 Å². The van der Waals surface area contributed by atoms with Crippen LogP contribution in [0.4, 0.5) is 5.69 Å². The first-order chi connectivity index (χ1) is 7.36. The van der Waals surface area contributed by atoms with Gasteiger partial charge in [0.05, 0.1) is 0 Å². The van der Waals surface area contributed by atoms with Crippen molar-refractivity contribution in [2.45, 2.75) is 12.2 Å². The fourth-order valence-corrected chi connectivity index (χ4v) is 1.86. The summed E-state index contributed by atoms with van der Waals surface area (Å²) in [6.07, 6.45) is 1.09. The van der Waals surface area contributed by atoms with Gasteiger partial charge in [0.2, 0.25) is 0 Å². The zero-order chi connectivity index (χ0) is 12.3. The van der Waals surface area contributed by atoms with Gasteiger partial charge in [-0.3, -0.25) is 0 Å². The maximum absolute atomic E-state index is 11.4. The van der Waals surface area contributed by atoms with Crippen molar-refractivity contribution in [3.05, 3.63) is 29.8 Å². The van der Waals surface area contributed by atoms with Crippen LogP contribution in [0, 0.1) is 0 Å². The van der Waals surface area contributed by atoms with Crippen LogP contribution < -0.4 is 5.73 Å². The van der Waals surface area contributed by atoms with E-state index >= 15 is 0 Å². The van der Waals surface area contributed by atoms with E-state index in [0.717, 1.165) is 6.26 Å². The Morgan fingerprint density at radius 3 is 2.56 bits per heavy atom. The van der Waals surface area contributed by atoms with Crippen molar-refractivity contribution in [3.63, 3.8) is 0 Å². The van der Waals surface area contributed by atoms with Crippen LogP contribution in [0.5, 0.6) is 0 Å². The molecule has 0 aliphatic heterocycles. The summed E-state index contributed by atoms with van der Waals surface area (Å²) in [5.41, 5.74) is 6.65. The second-order valence-electron chi connectivity index (χ2n) is 3.58. The normalized spacial score (nSPS) is 14.8. The minimum atomic E-state index is -3.31. The fourth-order valence-electron chi connectivity index (χ4n) is 1.27. The van der Waals surface area contributed by atoms with Gasteiger partial charge in [0.1, 0.15) is 11.0 Å². The Hall–Kier alpha value is -1.56. The number of benzene rings is 1. The second kappa shape index (κ2) is 4.52. The zero-order valence-corrected chi connectivity index (χ0v) is 9.90. The number of hydrogen-bond acceptors (Lipinski definition) is 5. The van der Waals surface area contributed by atoms with Crippen LogP contribution in [-0.2, 0) is 9.84 Å². The molecule has 16 heavy (non-hydrogen) atoms. The van der Waals surface area contributed by atoms with Crippen molar-refractivity contribution in [1.82, 2.24) is 0 Å². The highest BCUT2D eigenvalue weighted by molar-refractivity contribution is 7.92. The monoisotopic (exact) mass is 242 g/mol. The van der Waals surface area contributed by atoms with Crippen LogP contribution in [0.1, 0.15) is 12.5 Å². The first kappa shape index (κ1) is 12.5. The minimum Gasteiger partial charge on any atom is -0.411 e. The van der Waals surface area contributed by atoms with Gasteiger partial charge in [-0.05, 0) is 19.1 Å². The summed E-state index contributed by atoms with van der Waals surface area (Å²) in [5.74, 6) is 0. The summed E-state index contributed by atoms with van der Waals surface area (Å²) in [7, 11) is -3.31. The molecule has 0 amide bonds. The van der Waals surface area contributed by atoms with E-state index in [-0.39, 0.29) is 5.71 Å². The molecule has 1 rings (SSSR count). The van der Waals surface area contributed by atoms with Crippen molar-refractivity contribution < 1.29 is 13.6 Å². The lowest BCUT2D eigenvalue weighted by molar-refractivity contribution is 0.318. The number of oxime groups is 1. The highest BCUT2D eigenvalue weighted by Gasteiger charge is 2.23. The third-order valence-electron chi connectivity index (χ3n) is 2.32. The van der Waals surface area contributed by atoms with E-state index in [1.165, 1.54) is 6.92 Å². The number of hydrogen-bond donors (Lipinski definition) is 2. The molecule has 1 unspecified atom stereocenters. The predicted molar refractivity (Wildman–Crippen MR) is 63.5 cm³/mol. The predicted octanol–water partition coefficient (Wildman–Crippen LogP) is 0.880. The maximum atomic E-state index is 11.4. The van der Waals surface area contributed by atoms with E-state index in [0.29, 0.717) is 11.3 Å². The molecule has 6 heteroatoms. The summed E-state index contributed by atoms with van der Waals surface area (Å²) in [6.45, 7) is 1.47. The lowest BCUT2D eigenvalue weighted by atomic mass is 10.1. The van der Waals surface area contributed by atoms with E-state index in [4.69, 9.17) is 10.9 Å². The molecule has 1 aromatic rings. The second-order valence-corrected chi connectivity index (χ2v) is 5.95. The summed E-state index contributed by atoms with van der Waals surface area (Å²) >= 11 is 0. The Morgan fingerprint density at radius 2 is 2.12 bits per heavy atom. The van der Waals surface area contributed by atoms with Crippen LogP contribution in [0.2, 0.25) is 0 Å². The van der Waals surface area contributed by atoms with Gasteiger partial charge >= 0.3 is 0 Å². The third kappa shape index (κ3) is 2.73. The van der Waals surface area contributed by atoms with Gasteiger partial charge < -0.3 is 10.9 Å². The summed E-state index contributed by atoms with van der Waals surface area (Å²) in [5, 5.41) is 11.1. The molecule has 0 saturated heterocycles. The molecule has 0 saturated carbocycles. The Labute approximate surface area is 94.5 Å². The molecule has 3 N–H and O–H groups in total. The molecule has 0 fully saturated rings. The van der Waals surface area contributed by atoms with E-state index < -0.39 is 15.1 Å². The van der Waals surface area contributed by atoms with Gasteiger partial charge in [-0.1, -0.05) is 17.3 Å². The van der Waals surface area contributed by atoms with Gasteiger partial charge in [0, 0.05) is 17.5 Å². The van der Waals surface area contributed by atoms with E-state index in [2.05, 4.69) is 5.16 Å². The zero-order valence-electron chi connectivity index (χ0n) is 9.08. The smallest absolute Gasteiger partial charge is 0.155 e. The maximum Gasteiger partial charge on any atom is 0.155 e. The molecule has 0 spiro atoms. The van der Waals surface area contributed by atoms with Gasteiger partial charge in [0.25, 0.3) is 0 Å². The average molecular weight is 242 g/mol. The standard InChI is InChI=1S/C10H14N2O3S/c1-7(16(2,14)15)10(12-13)8-4-3-5-9(11)6-8/h3-7,13H,11H2,1-2H3/b12-10-. The molecule has 0 aliphatic carbocycles. The molecule has 0 radical (unpaired) electrons. The number of anilines is 1. The third-order valence-corrected chi connectivity index (χ3v) is 3.83. The Bertz CT molecular complexity index is 509. The minimum absolute atomic E-state index is 0.0924. The first-order valence-electron chi connectivity index (χ1n) is 4.63. The highest BCUT2D eigenvalue weighted by atomic mass is 32.2. The van der Waals surface area contributed by atoms with Gasteiger partial charge in [-0.25, -0.2) is 8.42 Å². The topological polar surface area (TPSA) is 92.8 Å². The van der Waals surface area contributed by atoms with E-state index in [1.807, 2.05) is 0 Å². The molecule has 5 nitrogen and oxygen atoms in total. The lowest BCUT2D eigenvalue weighted by Gasteiger charge is -2.11. The Morgan fingerprint density at radius 1 is 1.50 bits per heavy atom. The lowest BCUT2D eigenvalue weighted by Crippen LogP contribution is -2.27. The van der Waals surface area contributed by atoms with Crippen molar-refractivity contribution in [3.8, 4) is 0 Å². The molecule has 1 aromatic carbocycles. The van der Waals surface area contributed by atoms with Crippen molar-refractivity contribution in [2.75, 3.05) is 12.0 Å². The Balaban J connectivity index is 3.20. The molecule has 0 aromatic heterocycles. The number of nitrogens with zero attached hydrogens (tertiary/aromatic N) is 1. The molecule has 0 aliphatic rings. The Kier molecular flexibility index (Phi) is 3.54. The first-order valence-corrected chi connectivity index (χ1v) is 6.58. The molecular formula is C10H14N2O3S. The largest absolute Gasteiger partial charge is 0.411 e. The van der Waals surface area contributed by atoms with Crippen LogP contribution in [-0.4, -0.2) is 30.8 Å². The number of rotatable bonds is 3. The summed E-state index contributed by atoms with van der Waals surface area (Å²) in [6, 6.07) is 6.55. The quantitative estimate of drug-likeness (QED) is 0.356. The van der Waals surface area contributed by atoms with Crippen LogP contribution in [0.3, 0.4) is 0 Å². The van der Waals surface area contributed by atoms with Gasteiger partial charge in [-0.2, -0.15) is 0 Å². The van der Waals surface area contributed by atoms with Crippen molar-refractivity contribution in [1.29, 1.82) is 0 Å². The molecule has 0 bridgehead atoms. The van der Waals surface area contributed by atoms with Crippen LogP contribution in [0.25, 0.3) is 0 Å². The van der Waals surface area contributed by atoms with Crippen molar-refractivity contribution in [2.24, 2.45) is 5.16 Å². The number of sulfone groups is 1. The number of nitrogen functional groups attached to an aromatic ring is 1. The van der Waals surface area contributed by atoms with E-state index in [9.17, 15) is 8.42 Å². The molecular weight excluding hydrogens is 228 g/mol. The average Bonchev–Trinajstić information content (AvgIpc) is 2.17.